The summed E-state index contributed by atoms with van der Waals surface area (Å²) in [7, 11) is 0. The summed E-state index contributed by atoms with van der Waals surface area (Å²) in [5.41, 5.74) is 1.33. The van der Waals surface area contributed by atoms with E-state index in [-0.39, 0.29) is 0 Å². The number of aromatic amines is 1. The molecule has 3 rings (SSSR count). The maximum Gasteiger partial charge on any atom is 0.151 e. The third-order valence-electron chi connectivity index (χ3n) is 4.21. The molecule has 22 heavy (non-hydrogen) atoms. The second-order valence-corrected chi connectivity index (χ2v) is 5.86. The topological polar surface area (TPSA) is 48.1 Å². The van der Waals surface area contributed by atoms with E-state index < -0.39 is 0 Å². The molecule has 0 bridgehead atoms. The minimum absolute atomic E-state index is 0.936. The second kappa shape index (κ2) is 7.40. The summed E-state index contributed by atoms with van der Waals surface area (Å²) < 4.78 is 0. The zero-order valence-electron chi connectivity index (χ0n) is 13.3. The second-order valence-electron chi connectivity index (χ2n) is 5.86. The van der Waals surface area contributed by atoms with Crippen molar-refractivity contribution in [1.82, 2.24) is 20.1 Å². The zero-order valence-corrected chi connectivity index (χ0v) is 13.3. The number of piperazine rings is 1. The van der Waals surface area contributed by atoms with Crippen LogP contribution in [-0.2, 0) is 12.8 Å². The number of hydrogen-bond donors (Lipinski definition) is 1. The van der Waals surface area contributed by atoms with Gasteiger partial charge in [0.05, 0.1) is 0 Å². The van der Waals surface area contributed by atoms with Crippen LogP contribution in [0.25, 0.3) is 0 Å². The monoisotopic (exact) mass is 299 g/mol. The first-order valence-corrected chi connectivity index (χ1v) is 8.27. The lowest BCUT2D eigenvalue weighted by Crippen LogP contribution is -2.47. The van der Waals surface area contributed by atoms with Gasteiger partial charge in [0.15, 0.2) is 5.82 Å². The Morgan fingerprint density at radius 2 is 1.82 bits per heavy atom. The van der Waals surface area contributed by atoms with Crippen molar-refractivity contribution in [2.24, 2.45) is 0 Å². The van der Waals surface area contributed by atoms with Gasteiger partial charge in [0.25, 0.3) is 0 Å². The summed E-state index contributed by atoms with van der Waals surface area (Å²) in [5.74, 6) is 1.97. The molecule has 118 valence electrons. The van der Waals surface area contributed by atoms with E-state index >= 15 is 0 Å². The summed E-state index contributed by atoms with van der Waals surface area (Å²) in [4.78, 5) is 9.51. The average Bonchev–Trinajstić information content (AvgIpc) is 3.02. The molecule has 1 aliphatic rings. The minimum Gasteiger partial charge on any atom is -0.369 e. The van der Waals surface area contributed by atoms with Crippen LogP contribution in [0.3, 0.4) is 0 Å². The molecule has 2 heterocycles. The van der Waals surface area contributed by atoms with Crippen molar-refractivity contribution in [1.29, 1.82) is 0 Å². The van der Waals surface area contributed by atoms with Crippen molar-refractivity contribution < 1.29 is 0 Å². The Kier molecular flexibility index (Phi) is 5.06. The van der Waals surface area contributed by atoms with Gasteiger partial charge in [-0.1, -0.05) is 25.1 Å². The molecular formula is C17H25N5. The molecule has 1 aromatic heterocycles. The molecule has 1 aromatic carbocycles. The van der Waals surface area contributed by atoms with Crippen LogP contribution >= 0.6 is 0 Å². The number of nitrogens with zero attached hydrogens (tertiary/aromatic N) is 4. The number of rotatable bonds is 6. The van der Waals surface area contributed by atoms with Crippen molar-refractivity contribution in [3.8, 4) is 0 Å². The van der Waals surface area contributed by atoms with Crippen molar-refractivity contribution in [2.75, 3.05) is 37.6 Å². The van der Waals surface area contributed by atoms with E-state index in [0.29, 0.717) is 0 Å². The van der Waals surface area contributed by atoms with E-state index in [2.05, 4.69) is 62.2 Å². The summed E-state index contributed by atoms with van der Waals surface area (Å²) in [6.07, 6.45) is 3.03. The van der Waals surface area contributed by atoms with Crippen LogP contribution in [0.2, 0.25) is 0 Å². The van der Waals surface area contributed by atoms with Crippen LogP contribution in [0.5, 0.6) is 0 Å². The van der Waals surface area contributed by atoms with Crippen molar-refractivity contribution in [3.63, 3.8) is 0 Å². The highest BCUT2D eigenvalue weighted by Gasteiger charge is 2.17. The summed E-state index contributed by atoms with van der Waals surface area (Å²) in [5, 5.41) is 7.34. The van der Waals surface area contributed by atoms with Gasteiger partial charge >= 0.3 is 0 Å². The molecule has 0 amide bonds. The molecule has 0 radical (unpaired) electrons. The van der Waals surface area contributed by atoms with Gasteiger partial charge in [0.1, 0.15) is 5.82 Å². The summed E-state index contributed by atoms with van der Waals surface area (Å²) in [6, 6.07) is 10.7. The summed E-state index contributed by atoms with van der Waals surface area (Å²) >= 11 is 0. The molecule has 0 atom stereocenters. The van der Waals surface area contributed by atoms with Crippen LogP contribution in [0, 0.1) is 0 Å². The van der Waals surface area contributed by atoms with Crippen molar-refractivity contribution >= 4 is 5.69 Å². The number of anilines is 1. The number of nitrogens with one attached hydrogen (secondary N) is 1. The first-order chi connectivity index (χ1) is 10.8. The van der Waals surface area contributed by atoms with E-state index in [9.17, 15) is 0 Å². The van der Waals surface area contributed by atoms with Gasteiger partial charge < -0.3 is 4.90 Å². The van der Waals surface area contributed by atoms with Gasteiger partial charge in [0, 0.05) is 51.3 Å². The maximum absolute atomic E-state index is 4.54. The van der Waals surface area contributed by atoms with E-state index in [1.165, 1.54) is 5.69 Å². The average molecular weight is 299 g/mol. The largest absolute Gasteiger partial charge is 0.369 e. The fourth-order valence-corrected chi connectivity index (χ4v) is 2.92. The Morgan fingerprint density at radius 3 is 2.55 bits per heavy atom. The highest BCUT2D eigenvalue weighted by Crippen LogP contribution is 2.15. The molecule has 5 heteroatoms. The molecule has 1 aliphatic heterocycles. The van der Waals surface area contributed by atoms with Crippen molar-refractivity contribution in [3.05, 3.63) is 42.0 Å². The standard InChI is InChI=1S/C17H25N5/c1-2-6-16-18-17(20-19-16)9-10-21-11-13-22(14-12-21)15-7-4-3-5-8-15/h3-5,7-8H,2,6,9-14H2,1H3,(H,18,19,20). The normalized spacial score (nSPS) is 16.1. The van der Waals surface area contributed by atoms with Gasteiger partial charge in [-0.3, -0.25) is 10.00 Å². The summed E-state index contributed by atoms with van der Waals surface area (Å²) in [6.45, 7) is 7.63. The van der Waals surface area contributed by atoms with Crippen LogP contribution < -0.4 is 4.90 Å². The SMILES string of the molecule is CCCc1nc(CCN2CCN(c3ccccc3)CC2)n[nH]1. The molecule has 1 fully saturated rings. The Labute approximate surface area is 132 Å². The quantitative estimate of drug-likeness (QED) is 0.887. The van der Waals surface area contributed by atoms with Crippen LogP contribution in [0.15, 0.2) is 30.3 Å². The molecule has 5 nitrogen and oxygen atoms in total. The lowest BCUT2D eigenvalue weighted by molar-refractivity contribution is 0.259. The lowest BCUT2D eigenvalue weighted by Gasteiger charge is -2.35. The first-order valence-electron chi connectivity index (χ1n) is 8.27. The first kappa shape index (κ1) is 15.0. The van der Waals surface area contributed by atoms with E-state index in [1.807, 2.05) is 0 Å². The smallest absolute Gasteiger partial charge is 0.151 e. The number of benzene rings is 1. The predicted molar refractivity (Wildman–Crippen MR) is 89.2 cm³/mol. The Bertz CT molecular complexity index is 557. The number of hydrogen-bond acceptors (Lipinski definition) is 4. The van der Waals surface area contributed by atoms with Gasteiger partial charge in [-0.25, -0.2) is 4.98 Å². The van der Waals surface area contributed by atoms with Gasteiger partial charge in [-0.15, -0.1) is 0 Å². The molecule has 1 N–H and O–H groups in total. The van der Waals surface area contributed by atoms with E-state index in [0.717, 1.165) is 63.6 Å². The molecule has 2 aromatic rings. The van der Waals surface area contributed by atoms with Gasteiger partial charge in [-0.2, -0.15) is 5.10 Å². The zero-order chi connectivity index (χ0) is 15.2. The van der Waals surface area contributed by atoms with Crippen LogP contribution in [0.1, 0.15) is 25.0 Å². The predicted octanol–water partition coefficient (Wildman–Crippen LogP) is 2.12. The van der Waals surface area contributed by atoms with Gasteiger partial charge in [-0.05, 0) is 18.6 Å². The molecule has 0 spiro atoms. The fourth-order valence-electron chi connectivity index (χ4n) is 2.92. The number of para-hydroxylation sites is 1. The lowest BCUT2D eigenvalue weighted by atomic mass is 10.2. The third kappa shape index (κ3) is 3.85. The number of H-pyrrole nitrogens is 1. The van der Waals surface area contributed by atoms with Crippen LogP contribution in [-0.4, -0.2) is 52.8 Å². The molecule has 1 saturated heterocycles. The number of aromatic nitrogens is 3. The van der Waals surface area contributed by atoms with Crippen LogP contribution in [0.4, 0.5) is 5.69 Å². The van der Waals surface area contributed by atoms with E-state index in [4.69, 9.17) is 0 Å². The van der Waals surface area contributed by atoms with E-state index in [1.54, 1.807) is 0 Å². The minimum atomic E-state index is 0.936. The Balaban J connectivity index is 1.44. The fraction of sp³-hybridized carbons (Fsp3) is 0.529. The molecular weight excluding hydrogens is 274 g/mol. The Hall–Kier alpha value is -1.88. The van der Waals surface area contributed by atoms with Crippen molar-refractivity contribution in [2.45, 2.75) is 26.2 Å². The Morgan fingerprint density at radius 1 is 1.05 bits per heavy atom. The molecule has 0 aliphatic carbocycles. The van der Waals surface area contributed by atoms with Gasteiger partial charge in [0.2, 0.25) is 0 Å². The maximum atomic E-state index is 4.54. The number of aryl methyl sites for hydroxylation is 1. The molecule has 0 unspecified atom stereocenters. The highest BCUT2D eigenvalue weighted by molar-refractivity contribution is 5.46. The third-order valence-corrected chi connectivity index (χ3v) is 4.21. The highest BCUT2D eigenvalue weighted by atomic mass is 15.3. The molecule has 0 saturated carbocycles.